The summed E-state index contributed by atoms with van der Waals surface area (Å²) in [5.74, 6) is -0.300. The van der Waals surface area contributed by atoms with Gasteiger partial charge in [-0.1, -0.05) is 39.0 Å². The van der Waals surface area contributed by atoms with Crippen molar-refractivity contribution in [3.63, 3.8) is 0 Å². The Morgan fingerprint density at radius 3 is 2.68 bits per heavy atom. The molecule has 19 heavy (non-hydrogen) atoms. The van der Waals surface area contributed by atoms with Crippen molar-refractivity contribution in [2.75, 3.05) is 5.33 Å². The highest BCUT2D eigenvalue weighted by Crippen LogP contribution is 2.20. The van der Waals surface area contributed by atoms with E-state index in [0.717, 1.165) is 28.3 Å². The summed E-state index contributed by atoms with van der Waals surface area (Å²) in [6.07, 6.45) is 0.792. The van der Waals surface area contributed by atoms with Gasteiger partial charge in [0.1, 0.15) is 5.52 Å². The van der Waals surface area contributed by atoms with Gasteiger partial charge in [0, 0.05) is 17.1 Å². The second-order valence-corrected chi connectivity index (χ2v) is 6.20. The standard InChI is InChI=1S/C14H17BrN2O2/c1-14(2,3)13(18)19-17-12-7-5-4-6-10(12)11(16-17)8-9-15/h4-7H,8-9H2,1-3H3. The normalized spacial score (nSPS) is 11.8. The van der Waals surface area contributed by atoms with Crippen LogP contribution in [-0.2, 0) is 11.2 Å². The third-order valence-electron chi connectivity index (χ3n) is 2.75. The molecule has 102 valence electrons. The number of carbonyl (C=O) groups is 1. The summed E-state index contributed by atoms with van der Waals surface area (Å²) in [6, 6.07) is 7.75. The molecule has 0 saturated carbocycles. The number of nitrogens with zero attached hydrogens (tertiary/aromatic N) is 2. The van der Waals surface area contributed by atoms with E-state index in [0.29, 0.717) is 0 Å². The van der Waals surface area contributed by atoms with E-state index in [4.69, 9.17) is 4.84 Å². The van der Waals surface area contributed by atoms with Crippen LogP contribution in [0.1, 0.15) is 26.5 Å². The zero-order valence-electron chi connectivity index (χ0n) is 11.3. The van der Waals surface area contributed by atoms with Gasteiger partial charge in [0.25, 0.3) is 0 Å². The van der Waals surface area contributed by atoms with Gasteiger partial charge in [-0.3, -0.25) is 0 Å². The summed E-state index contributed by atoms with van der Waals surface area (Å²) < 4.78 is 0. The third-order valence-corrected chi connectivity index (χ3v) is 3.14. The van der Waals surface area contributed by atoms with Gasteiger partial charge in [0.2, 0.25) is 0 Å². The van der Waals surface area contributed by atoms with E-state index < -0.39 is 5.41 Å². The van der Waals surface area contributed by atoms with E-state index in [-0.39, 0.29) is 5.97 Å². The largest absolute Gasteiger partial charge is 0.340 e. The first-order chi connectivity index (χ1) is 8.93. The molecule has 4 nitrogen and oxygen atoms in total. The topological polar surface area (TPSA) is 44.1 Å². The summed E-state index contributed by atoms with van der Waals surface area (Å²) in [5.41, 5.74) is 1.19. The molecule has 0 amide bonds. The monoisotopic (exact) mass is 324 g/mol. The van der Waals surface area contributed by atoms with Crippen molar-refractivity contribution in [3.8, 4) is 0 Å². The molecule has 0 radical (unpaired) electrons. The Kier molecular flexibility index (Phi) is 3.94. The molecule has 2 aromatic rings. The minimum absolute atomic E-state index is 0.300. The molecule has 0 spiro atoms. The predicted octanol–water partition coefficient (Wildman–Crippen LogP) is 2.98. The molecule has 1 aromatic carbocycles. The average molecular weight is 325 g/mol. The summed E-state index contributed by atoms with van der Waals surface area (Å²) in [4.78, 5) is 18.7. The molecule has 0 aliphatic rings. The molecule has 0 atom stereocenters. The Morgan fingerprint density at radius 2 is 2.05 bits per heavy atom. The van der Waals surface area contributed by atoms with Crippen molar-refractivity contribution in [3.05, 3.63) is 30.0 Å². The number of para-hydroxylation sites is 1. The van der Waals surface area contributed by atoms with Gasteiger partial charge in [0.05, 0.1) is 11.1 Å². The Balaban J connectivity index is 2.41. The molecule has 0 aliphatic heterocycles. The number of carbonyl (C=O) groups excluding carboxylic acids is 1. The van der Waals surface area contributed by atoms with Gasteiger partial charge in [-0.05, 0) is 26.8 Å². The van der Waals surface area contributed by atoms with E-state index >= 15 is 0 Å². The molecule has 0 N–H and O–H groups in total. The lowest BCUT2D eigenvalue weighted by Gasteiger charge is -2.15. The lowest BCUT2D eigenvalue weighted by molar-refractivity contribution is -0.154. The first-order valence-corrected chi connectivity index (χ1v) is 7.31. The zero-order chi connectivity index (χ0) is 14.0. The van der Waals surface area contributed by atoms with E-state index in [1.54, 1.807) is 0 Å². The van der Waals surface area contributed by atoms with Crippen LogP contribution in [0.3, 0.4) is 0 Å². The Morgan fingerprint density at radius 1 is 1.37 bits per heavy atom. The van der Waals surface area contributed by atoms with Crippen molar-refractivity contribution >= 4 is 32.8 Å². The van der Waals surface area contributed by atoms with Crippen LogP contribution in [-0.4, -0.2) is 21.2 Å². The molecule has 0 fully saturated rings. The van der Waals surface area contributed by atoms with Crippen LogP contribution in [0.25, 0.3) is 10.9 Å². The quantitative estimate of drug-likeness (QED) is 0.815. The Labute approximate surface area is 120 Å². The maximum atomic E-state index is 12.0. The van der Waals surface area contributed by atoms with Crippen LogP contribution in [0.15, 0.2) is 24.3 Å². The number of benzene rings is 1. The summed E-state index contributed by atoms with van der Waals surface area (Å²) in [6.45, 7) is 5.46. The Bertz CT molecular complexity index is 599. The molecular formula is C14H17BrN2O2. The van der Waals surface area contributed by atoms with Crippen LogP contribution < -0.4 is 4.84 Å². The molecule has 0 bridgehead atoms. The van der Waals surface area contributed by atoms with Crippen LogP contribution in [0.2, 0.25) is 0 Å². The highest BCUT2D eigenvalue weighted by Gasteiger charge is 2.25. The molecule has 1 aromatic heterocycles. The average Bonchev–Trinajstić information content (AvgIpc) is 2.68. The van der Waals surface area contributed by atoms with Crippen molar-refractivity contribution in [2.24, 2.45) is 5.41 Å². The third kappa shape index (κ3) is 2.97. The van der Waals surface area contributed by atoms with Gasteiger partial charge in [-0.15, -0.1) is 5.10 Å². The van der Waals surface area contributed by atoms with Gasteiger partial charge >= 0.3 is 5.97 Å². The van der Waals surface area contributed by atoms with E-state index in [1.165, 1.54) is 4.85 Å². The second-order valence-electron chi connectivity index (χ2n) is 5.40. The van der Waals surface area contributed by atoms with E-state index in [1.807, 2.05) is 45.0 Å². The van der Waals surface area contributed by atoms with Crippen LogP contribution >= 0.6 is 15.9 Å². The number of rotatable bonds is 3. The first-order valence-electron chi connectivity index (χ1n) is 6.19. The highest BCUT2D eigenvalue weighted by molar-refractivity contribution is 9.09. The van der Waals surface area contributed by atoms with Crippen LogP contribution in [0.5, 0.6) is 0 Å². The fourth-order valence-corrected chi connectivity index (χ4v) is 2.04. The van der Waals surface area contributed by atoms with Crippen LogP contribution in [0, 0.1) is 5.41 Å². The molecule has 0 unspecified atom stereocenters. The maximum absolute atomic E-state index is 12.0. The number of alkyl halides is 1. The SMILES string of the molecule is CC(C)(C)C(=O)On1nc(CCBr)c2ccccc21. The number of hydrogen-bond acceptors (Lipinski definition) is 3. The fourth-order valence-electron chi connectivity index (χ4n) is 1.66. The minimum atomic E-state index is -0.553. The maximum Gasteiger partial charge on any atom is 0.340 e. The number of aryl methyl sites for hydroxylation is 1. The number of aromatic nitrogens is 2. The molecule has 0 saturated heterocycles. The number of halogens is 1. The van der Waals surface area contributed by atoms with Crippen molar-refractivity contribution in [1.82, 2.24) is 9.94 Å². The lowest BCUT2D eigenvalue weighted by atomic mass is 9.98. The molecule has 0 aliphatic carbocycles. The highest BCUT2D eigenvalue weighted by atomic mass is 79.9. The number of fused-ring (bicyclic) bond motifs is 1. The summed E-state index contributed by atoms with van der Waals surface area (Å²) in [7, 11) is 0. The second kappa shape index (κ2) is 5.33. The van der Waals surface area contributed by atoms with Crippen LogP contribution in [0.4, 0.5) is 0 Å². The summed E-state index contributed by atoms with van der Waals surface area (Å²) in [5, 5.41) is 6.21. The summed E-state index contributed by atoms with van der Waals surface area (Å²) >= 11 is 3.41. The van der Waals surface area contributed by atoms with E-state index in [9.17, 15) is 4.79 Å². The predicted molar refractivity (Wildman–Crippen MR) is 78.3 cm³/mol. The smallest absolute Gasteiger partial charge is 0.318 e. The molecular weight excluding hydrogens is 308 g/mol. The van der Waals surface area contributed by atoms with Gasteiger partial charge < -0.3 is 4.84 Å². The van der Waals surface area contributed by atoms with Crippen molar-refractivity contribution < 1.29 is 9.63 Å². The van der Waals surface area contributed by atoms with Gasteiger partial charge in [0.15, 0.2) is 0 Å². The molecule has 2 rings (SSSR count). The number of hydrogen-bond donors (Lipinski definition) is 0. The first kappa shape index (κ1) is 14.1. The van der Waals surface area contributed by atoms with Crippen molar-refractivity contribution in [2.45, 2.75) is 27.2 Å². The van der Waals surface area contributed by atoms with E-state index in [2.05, 4.69) is 21.0 Å². The lowest BCUT2D eigenvalue weighted by Crippen LogP contribution is -2.31. The fraction of sp³-hybridized carbons (Fsp3) is 0.429. The molecule has 5 heteroatoms. The molecule has 1 heterocycles. The minimum Gasteiger partial charge on any atom is -0.318 e. The van der Waals surface area contributed by atoms with Gasteiger partial charge in [-0.2, -0.15) is 0 Å². The zero-order valence-corrected chi connectivity index (χ0v) is 12.9. The Hall–Kier alpha value is -1.36. The van der Waals surface area contributed by atoms with Crippen molar-refractivity contribution in [1.29, 1.82) is 0 Å². The van der Waals surface area contributed by atoms with Gasteiger partial charge in [-0.25, -0.2) is 4.79 Å².